The Morgan fingerprint density at radius 3 is 1.43 bits per heavy atom. The fourth-order valence-corrected chi connectivity index (χ4v) is 4.30. The Bertz CT molecular complexity index is 1440. The first-order valence-corrected chi connectivity index (χ1v) is 14.0. The molecule has 250 valence electrons. The van der Waals surface area contributed by atoms with Crippen LogP contribution in [-0.2, 0) is 65.4 Å². The number of ketones is 2. The van der Waals surface area contributed by atoms with Crippen LogP contribution in [-0.4, -0.2) is 34.2 Å². The first-order valence-electron chi connectivity index (χ1n) is 14.0. The van der Waals surface area contributed by atoms with Crippen molar-refractivity contribution in [2.75, 3.05) is 6.54 Å². The molecule has 0 atom stereocenters. The molecule has 0 aliphatic rings. The van der Waals surface area contributed by atoms with E-state index in [4.69, 9.17) is 0 Å². The summed E-state index contributed by atoms with van der Waals surface area (Å²) in [5.41, 5.74) is 1.76. The molecule has 0 bridgehead atoms. The molecule has 0 aliphatic heterocycles. The second-order valence-electron chi connectivity index (χ2n) is 9.63. The van der Waals surface area contributed by atoms with Gasteiger partial charge in [-0.3, -0.25) is 14.4 Å². The predicted octanol–water partition coefficient (Wildman–Crippen LogP) is 9.13. The molecule has 3 N–H and O–H groups in total. The molecule has 4 aromatic rings. The van der Waals surface area contributed by atoms with E-state index in [9.17, 15) is 24.6 Å². The fraction of sp³-hybridized carbons (Fsp3) is 0.205. The number of carbonyl (C=O) groups excluding carboxylic acids is 3. The molecule has 0 fully saturated rings. The molecule has 0 saturated carbocycles. The topological polar surface area (TPSA) is 104 Å². The average molecular weight is 790 g/mol. The molecule has 0 heterocycles. The van der Waals surface area contributed by atoms with Crippen molar-refractivity contribution in [3.63, 3.8) is 0 Å². The summed E-state index contributed by atoms with van der Waals surface area (Å²) in [5, 5.41) is 22.3. The van der Waals surface area contributed by atoms with Gasteiger partial charge in [-0.15, -0.1) is 0 Å². The number of unbranched alkanes of at least 4 members (excludes halogenated alkanes) is 5. The van der Waals surface area contributed by atoms with E-state index < -0.39 is 0 Å². The Labute approximate surface area is 333 Å². The number of carbonyl (C=O) groups is 3. The van der Waals surface area contributed by atoms with Gasteiger partial charge in [0.2, 0.25) is 0 Å². The maximum absolute atomic E-state index is 12.7. The van der Waals surface area contributed by atoms with Crippen LogP contribution >= 0.6 is 0 Å². The number of phenolic OH excluding ortho intramolecular Hbond substituents is 2. The molecule has 0 aromatic heterocycles. The van der Waals surface area contributed by atoms with Crippen molar-refractivity contribution in [1.82, 2.24) is 5.32 Å². The van der Waals surface area contributed by atoms with Gasteiger partial charge in [0.1, 0.15) is 11.5 Å². The third-order valence-corrected chi connectivity index (χ3v) is 6.57. The van der Waals surface area contributed by atoms with E-state index in [1.165, 1.54) is 37.8 Å². The van der Waals surface area contributed by atoms with Crippen molar-refractivity contribution in [3.8, 4) is 11.5 Å². The maximum Gasteiger partial charge on any atom is 0.252 e. The molecule has 8 heteroatoms. The number of amides is 1. The summed E-state index contributed by atoms with van der Waals surface area (Å²) in [7, 11) is 0. The van der Waals surface area contributed by atoms with Crippen LogP contribution in [0.2, 0.25) is 0 Å². The second-order valence-corrected chi connectivity index (χ2v) is 9.63. The molecular weight excluding hydrogens is 740 g/mol. The fourth-order valence-electron chi connectivity index (χ4n) is 4.30. The van der Waals surface area contributed by atoms with Gasteiger partial charge in [0.05, 0.1) is 16.7 Å². The van der Waals surface area contributed by atoms with Crippen LogP contribution in [0, 0.1) is 29.7 Å². The molecule has 0 unspecified atom stereocenters. The van der Waals surface area contributed by atoms with Gasteiger partial charge in [-0.1, -0.05) is 112 Å². The number of phenols is 2. The Hall–Kier alpha value is -2.50. The Morgan fingerprint density at radius 2 is 0.915 bits per heavy atom. The van der Waals surface area contributed by atoms with E-state index >= 15 is 0 Å². The Morgan fingerprint density at radius 1 is 0.511 bits per heavy atom. The molecule has 4 rings (SSSR count). The first-order chi connectivity index (χ1) is 19.9. The number of rotatable bonds is 12. The van der Waals surface area contributed by atoms with E-state index in [0.717, 1.165) is 12.8 Å². The van der Waals surface area contributed by atoms with Crippen LogP contribution in [0.25, 0.3) is 0 Å². The SMILES string of the molecule is CCCCCCCCNC(=O)c1ccccc1C(=O)c1ccccc1O.O=C(c1ccccc1)c1ccccc1O.[CH3-].[CH3-].[CH3-].[CH3-].[Y].[Y]. The summed E-state index contributed by atoms with van der Waals surface area (Å²) in [4.78, 5) is 37.1. The van der Waals surface area contributed by atoms with E-state index in [1.807, 2.05) is 6.07 Å². The average Bonchev–Trinajstić information content (AvgIpc) is 3.01. The van der Waals surface area contributed by atoms with Gasteiger partial charge in [-0.25, -0.2) is 0 Å². The monoisotopic (exact) mass is 789 g/mol. The largest absolute Gasteiger partial charge is 0.507 e. The molecule has 0 aliphatic carbocycles. The van der Waals surface area contributed by atoms with Gasteiger partial charge in [0.25, 0.3) is 5.91 Å². The number of nitrogens with one attached hydrogen (secondary N) is 1. The van der Waals surface area contributed by atoms with E-state index in [2.05, 4.69) is 12.2 Å². The summed E-state index contributed by atoms with van der Waals surface area (Å²) in [5.74, 6) is -0.828. The van der Waals surface area contributed by atoms with E-state index in [0.29, 0.717) is 28.8 Å². The molecule has 0 saturated heterocycles. The van der Waals surface area contributed by atoms with Crippen LogP contribution < -0.4 is 5.32 Å². The van der Waals surface area contributed by atoms with Crippen LogP contribution in [0.3, 0.4) is 0 Å². The minimum atomic E-state index is -0.353. The number of para-hydroxylation sites is 2. The van der Waals surface area contributed by atoms with Gasteiger partial charge in [0.15, 0.2) is 11.6 Å². The molecule has 47 heavy (non-hydrogen) atoms. The van der Waals surface area contributed by atoms with Crippen LogP contribution in [0.15, 0.2) is 103 Å². The van der Waals surface area contributed by atoms with Crippen molar-refractivity contribution < 1.29 is 90.0 Å². The number of benzene rings is 4. The van der Waals surface area contributed by atoms with Gasteiger partial charge in [-0.2, -0.15) is 0 Å². The summed E-state index contributed by atoms with van der Waals surface area (Å²) in [6.45, 7) is 2.79. The van der Waals surface area contributed by atoms with E-state index in [-0.39, 0.29) is 130 Å². The van der Waals surface area contributed by atoms with E-state index in [1.54, 1.807) is 84.9 Å². The molecule has 2 radical (unpaired) electrons. The molecule has 6 nitrogen and oxygen atoms in total. The molecule has 1 amide bonds. The zero-order chi connectivity index (χ0) is 29.5. The minimum Gasteiger partial charge on any atom is -0.507 e. The molecule has 4 aromatic carbocycles. The third-order valence-electron chi connectivity index (χ3n) is 6.57. The standard InChI is InChI=1S/C22H27NO3.C13H10O2.4CH3.2Y/c1-2-3-4-5-6-11-16-23-22(26)18-13-8-7-12-17(18)21(25)19-14-9-10-15-20(19)24;14-12-9-5-4-8-11(12)13(15)10-6-2-1-3-7-10;;;;;;/h7-10,12-15,24H,2-6,11,16H2,1H3,(H,23,26);1-9,14H;4*1H3;;/q;;4*-1;;. The number of aromatic hydroxyl groups is 2. The Balaban J connectivity index is -0.000000384. The summed E-state index contributed by atoms with van der Waals surface area (Å²) in [6, 6.07) is 28.5. The minimum absolute atomic E-state index is 0. The molecule has 0 spiro atoms. The summed E-state index contributed by atoms with van der Waals surface area (Å²) < 4.78 is 0. The van der Waals surface area contributed by atoms with Crippen molar-refractivity contribution in [3.05, 3.63) is 161 Å². The second kappa shape index (κ2) is 28.5. The van der Waals surface area contributed by atoms with Crippen molar-refractivity contribution >= 4 is 17.5 Å². The third kappa shape index (κ3) is 16.4. The van der Waals surface area contributed by atoms with Crippen molar-refractivity contribution in [1.29, 1.82) is 0 Å². The molecular formula is C39H49NO5Y2-4. The Kier molecular flexibility index (Phi) is 31.1. The predicted molar refractivity (Wildman–Crippen MR) is 187 cm³/mol. The summed E-state index contributed by atoms with van der Waals surface area (Å²) >= 11 is 0. The van der Waals surface area contributed by atoms with Crippen molar-refractivity contribution in [2.24, 2.45) is 0 Å². The van der Waals surface area contributed by atoms with Gasteiger partial charge < -0.3 is 45.2 Å². The van der Waals surface area contributed by atoms with Gasteiger partial charge in [0, 0.05) is 83.1 Å². The van der Waals surface area contributed by atoms with Crippen LogP contribution in [0.5, 0.6) is 11.5 Å². The van der Waals surface area contributed by atoms with Crippen LogP contribution in [0.4, 0.5) is 0 Å². The van der Waals surface area contributed by atoms with Gasteiger partial charge in [-0.05, 0) is 36.8 Å². The zero-order valence-electron chi connectivity index (χ0n) is 28.5. The van der Waals surface area contributed by atoms with Crippen molar-refractivity contribution in [2.45, 2.75) is 45.4 Å². The maximum atomic E-state index is 12.7. The number of hydrogen-bond acceptors (Lipinski definition) is 5. The first kappa shape index (κ1) is 51.3. The summed E-state index contributed by atoms with van der Waals surface area (Å²) in [6.07, 6.45) is 6.94. The van der Waals surface area contributed by atoms with Crippen LogP contribution in [0.1, 0.15) is 87.6 Å². The number of hydrogen-bond donors (Lipinski definition) is 3. The van der Waals surface area contributed by atoms with Gasteiger partial charge >= 0.3 is 0 Å². The quantitative estimate of drug-likeness (QED) is 0.0755. The zero-order valence-corrected chi connectivity index (χ0v) is 34.2. The smallest absolute Gasteiger partial charge is 0.252 e. The normalized spacial score (nSPS) is 8.96.